The van der Waals surface area contributed by atoms with Crippen molar-refractivity contribution in [3.63, 3.8) is 0 Å². The molecule has 92 valence electrons. The summed E-state index contributed by atoms with van der Waals surface area (Å²) >= 11 is 0. The largest absolute Gasteiger partial charge is 0.505 e. The molecule has 1 atom stereocenters. The number of carbonyl (C=O) groups is 1. The van der Waals surface area contributed by atoms with Crippen LogP contribution in [-0.2, 0) is 4.79 Å². The topological polar surface area (TPSA) is 118 Å². The maximum Gasteiger partial charge on any atom is 0.296 e. The first-order valence-corrected chi connectivity index (χ1v) is 5.00. The first kappa shape index (κ1) is 12.9. The van der Waals surface area contributed by atoms with Crippen molar-refractivity contribution in [3.05, 3.63) is 28.3 Å². The number of anilines is 1. The lowest BCUT2D eigenvalue weighted by atomic mass is 10.2. The molecule has 0 aliphatic heterocycles. The molecule has 1 amide bonds. The number of carbonyl (C=O) groups excluding carboxylic acids is 1. The molecule has 17 heavy (non-hydrogen) atoms. The monoisotopic (exact) mass is 239 g/mol. The Morgan fingerprint density at radius 1 is 1.65 bits per heavy atom. The highest BCUT2D eigenvalue weighted by Gasteiger charge is 2.21. The van der Waals surface area contributed by atoms with Gasteiger partial charge in [-0.1, -0.05) is 13.0 Å². The number of amides is 1. The number of nitrogens with one attached hydrogen (secondary N) is 1. The van der Waals surface area contributed by atoms with Gasteiger partial charge in [-0.25, -0.2) is 0 Å². The van der Waals surface area contributed by atoms with E-state index in [0.717, 1.165) is 0 Å². The first-order valence-electron chi connectivity index (χ1n) is 5.00. The van der Waals surface area contributed by atoms with Crippen LogP contribution in [0.5, 0.6) is 5.75 Å². The van der Waals surface area contributed by atoms with Crippen LogP contribution in [0.2, 0.25) is 0 Å². The SMILES string of the molecule is CC[C@H](N)C(=O)Nc1c(O)cccc1[N+](=O)[O-]. The van der Waals surface area contributed by atoms with Crippen LogP contribution in [0.25, 0.3) is 0 Å². The summed E-state index contributed by atoms with van der Waals surface area (Å²) in [6.07, 6.45) is 0.396. The van der Waals surface area contributed by atoms with E-state index in [1.54, 1.807) is 6.92 Å². The van der Waals surface area contributed by atoms with Crippen molar-refractivity contribution in [2.24, 2.45) is 5.73 Å². The Hall–Kier alpha value is -2.15. The van der Waals surface area contributed by atoms with Gasteiger partial charge in [-0.15, -0.1) is 0 Å². The standard InChI is InChI=1S/C10H13N3O4/c1-2-6(11)10(15)12-9-7(13(16)17)4-3-5-8(9)14/h3-6,14H,2,11H2,1H3,(H,12,15)/t6-/m0/s1. The van der Waals surface area contributed by atoms with E-state index in [1.165, 1.54) is 18.2 Å². The van der Waals surface area contributed by atoms with Gasteiger partial charge in [-0.05, 0) is 12.5 Å². The summed E-state index contributed by atoms with van der Waals surface area (Å²) < 4.78 is 0. The van der Waals surface area contributed by atoms with E-state index < -0.39 is 16.9 Å². The number of para-hydroxylation sites is 1. The second-order valence-corrected chi connectivity index (χ2v) is 3.43. The Morgan fingerprint density at radius 3 is 2.82 bits per heavy atom. The fourth-order valence-corrected chi connectivity index (χ4v) is 1.21. The molecule has 0 unspecified atom stereocenters. The average Bonchev–Trinajstić information content (AvgIpc) is 2.30. The zero-order valence-electron chi connectivity index (χ0n) is 9.21. The van der Waals surface area contributed by atoms with E-state index in [2.05, 4.69) is 5.32 Å². The number of nitro benzene ring substituents is 1. The van der Waals surface area contributed by atoms with E-state index >= 15 is 0 Å². The molecule has 7 nitrogen and oxygen atoms in total. The molecular weight excluding hydrogens is 226 g/mol. The Bertz CT molecular complexity index is 447. The minimum atomic E-state index is -0.769. The summed E-state index contributed by atoms with van der Waals surface area (Å²) in [7, 11) is 0. The zero-order chi connectivity index (χ0) is 13.0. The van der Waals surface area contributed by atoms with Crippen molar-refractivity contribution >= 4 is 17.3 Å². The van der Waals surface area contributed by atoms with Gasteiger partial charge in [-0.2, -0.15) is 0 Å². The van der Waals surface area contributed by atoms with Gasteiger partial charge in [0.05, 0.1) is 11.0 Å². The van der Waals surface area contributed by atoms with Crippen molar-refractivity contribution in [2.75, 3.05) is 5.32 Å². The van der Waals surface area contributed by atoms with Crippen LogP contribution in [-0.4, -0.2) is 22.0 Å². The van der Waals surface area contributed by atoms with Gasteiger partial charge < -0.3 is 16.2 Å². The number of phenolic OH excluding ortho intramolecular Hbond substituents is 1. The molecule has 0 aromatic heterocycles. The Morgan fingerprint density at radius 2 is 2.29 bits per heavy atom. The maximum absolute atomic E-state index is 11.5. The second kappa shape index (κ2) is 5.26. The van der Waals surface area contributed by atoms with Gasteiger partial charge >= 0.3 is 0 Å². The molecule has 0 aliphatic rings. The number of aromatic hydroxyl groups is 1. The number of nitro groups is 1. The molecule has 4 N–H and O–H groups in total. The number of benzene rings is 1. The normalized spacial score (nSPS) is 11.9. The first-order chi connectivity index (χ1) is 7.97. The van der Waals surface area contributed by atoms with Crippen molar-refractivity contribution in [3.8, 4) is 5.75 Å². The minimum Gasteiger partial charge on any atom is -0.505 e. The van der Waals surface area contributed by atoms with Crippen LogP contribution in [0.4, 0.5) is 11.4 Å². The van der Waals surface area contributed by atoms with E-state index in [-0.39, 0.29) is 17.1 Å². The number of rotatable bonds is 4. The molecule has 0 saturated heterocycles. The predicted octanol–water partition coefficient (Wildman–Crippen LogP) is 0.976. The fourth-order valence-electron chi connectivity index (χ4n) is 1.21. The molecule has 0 radical (unpaired) electrons. The van der Waals surface area contributed by atoms with Gasteiger partial charge in [-0.3, -0.25) is 14.9 Å². The number of hydrogen-bond donors (Lipinski definition) is 3. The Labute approximate surface area is 97.4 Å². The van der Waals surface area contributed by atoms with E-state index in [1.807, 2.05) is 0 Å². The predicted molar refractivity (Wildman–Crippen MR) is 61.7 cm³/mol. The third-order valence-corrected chi connectivity index (χ3v) is 2.24. The van der Waals surface area contributed by atoms with Gasteiger partial charge in [0, 0.05) is 6.07 Å². The highest BCUT2D eigenvalue weighted by molar-refractivity contribution is 5.98. The molecule has 0 bridgehead atoms. The summed E-state index contributed by atoms with van der Waals surface area (Å²) in [4.78, 5) is 21.5. The lowest BCUT2D eigenvalue weighted by molar-refractivity contribution is -0.384. The van der Waals surface area contributed by atoms with Crippen LogP contribution in [0.15, 0.2) is 18.2 Å². The van der Waals surface area contributed by atoms with Crippen molar-refractivity contribution in [1.82, 2.24) is 0 Å². The minimum absolute atomic E-state index is 0.230. The van der Waals surface area contributed by atoms with Crippen molar-refractivity contribution in [1.29, 1.82) is 0 Å². The molecule has 7 heteroatoms. The summed E-state index contributed by atoms with van der Waals surface area (Å²) in [6.45, 7) is 1.71. The van der Waals surface area contributed by atoms with Crippen LogP contribution < -0.4 is 11.1 Å². The van der Waals surface area contributed by atoms with Crippen LogP contribution in [0.1, 0.15) is 13.3 Å². The Kier molecular flexibility index (Phi) is 4.00. The fraction of sp³-hybridized carbons (Fsp3) is 0.300. The van der Waals surface area contributed by atoms with E-state index in [0.29, 0.717) is 6.42 Å². The molecule has 0 saturated carbocycles. The van der Waals surface area contributed by atoms with Gasteiger partial charge in [0.1, 0.15) is 5.75 Å². The number of nitrogens with two attached hydrogens (primary N) is 1. The van der Waals surface area contributed by atoms with Crippen LogP contribution in [0, 0.1) is 10.1 Å². The Balaban J connectivity index is 3.05. The smallest absolute Gasteiger partial charge is 0.296 e. The maximum atomic E-state index is 11.5. The van der Waals surface area contributed by atoms with Crippen LogP contribution in [0.3, 0.4) is 0 Å². The molecule has 0 heterocycles. The van der Waals surface area contributed by atoms with Gasteiger partial charge in [0.15, 0.2) is 5.69 Å². The third-order valence-electron chi connectivity index (χ3n) is 2.24. The zero-order valence-corrected chi connectivity index (χ0v) is 9.21. The van der Waals surface area contributed by atoms with Crippen molar-refractivity contribution < 1.29 is 14.8 Å². The molecule has 0 spiro atoms. The molecule has 1 aromatic carbocycles. The van der Waals surface area contributed by atoms with Gasteiger partial charge in [0.2, 0.25) is 5.91 Å². The van der Waals surface area contributed by atoms with Gasteiger partial charge in [0.25, 0.3) is 5.69 Å². The number of hydrogen-bond acceptors (Lipinski definition) is 5. The van der Waals surface area contributed by atoms with E-state index in [4.69, 9.17) is 5.73 Å². The lowest BCUT2D eigenvalue weighted by Crippen LogP contribution is -2.35. The summed E-state index contributed by atoms with van der Waals surface area (Å²) in [6, 6.07) is 2.99. The summed E-state index contributed by atoms with van der Waals surface area (Å²) in [5.74, 6) is -0.937. The number of nitrogens with zero attached hydrogens (tertiary/aromatic N) is 1. The van der Waals surface area contributed by atoms with Crippen LogP contribution >= 0.6 is 0 Å². The summed E-state index contributed by atoms with van der Waals surface area (Å²) in [5.41, 5.74) is 4.87. The second-order valence-electron chi connectivity index (χ2n) is 3.43. The highest BCUT2D eigenvalue weighted by atomic mass is 16.6. The average molecular weight is 239 g/mol. The quantitative estimate of drug-likeness (QED) is 0.411. The lowest BCUT2D eigenvalue weighted by Gasteiger charge is -2.11. The van der Waals surface area contributed by atoms with E-state index in [9.17, 15) is 20.0 Å². The molecular formula is C10H13N3O4. The molecule has 1 aromatic rings. The molecule has 1 rings (SSSR count). The molecule has 0 aliphatic carbocycles. The highest BCUT2D eigenvalue weighted by Crippen LogP contribution is 2.33. The number of phenols is 1. The third kappa shape index (κ3) is 2.91. The van der Waals surface area contributed by atoms with Crippen molar-refractivity contribution in [2.45, 2.75) is 19.4 Å². The summed E-state index contributed by atoms with van der Waals surface area (Å²) in [5, 5.41) is 22.4. The molecule has 0 fully saturated rings.